The molecule has 0 aromatic carbocycles. The second-order valence-electron chi connectivity index (χ2n) is 4.00. The molecule has 0 aliphatic heterocycles. The highest BCUT2D eigenvalue weighted by Crippen LogP contribution is 2.33. The van der Waals surface area contributed by atoms with E-state index in [0.717, 1.165) is 29.6 Å². The van der Waals surface area contributed by atoms with Gasteiger partial charge in [-0.15, -0.1) is 0 Å². The maximum Gasteiger partial charge on any atom is 0.0648 e. The van der Waals surface area contributed by atoms with E-state index in [0.29, 0.717) is 0 Å². The molecule has 0 spiro atoms. The van der Waals surface area contributed by atoms with Crippen LogP contribution in [0.15, 0.2) is 0 Å². The van der Waals surface area contributed by atoms with Crippen molar-refractivity contribution in [3.05, 3.63) is 0 Å². The van der Waals surface area contributed by atoms with E-state index in [2.05, 4.69) is 29.5 Å². The Balaban J connectivity index is 2.43. The third kappa shape index (κ3) is 3.21. The van der Waals surface area contributed by atoms with Crippen LogP contribution in [0.5, 0.6) is 0 Å². The van der Waals surface area contributed by atoms with Crippen LogP contribution < -0.4 is 0 Å². The molecule has 1 nitrogen and oxygen atoms in total. The molecule has 2 atom stereocenters. The van der Waals surface area contributed by atoms with E-state index in [-0.39, 0.29) is 5.60 Å². The molecule has 0 aromatic rings. The third-order valence-corrected chi connectivity index (χ3v) is 4.04. The van der Waals surface area contributed by atoms with Gasteiger partial charge in [0.25, 0.3) is 0 Å². The van der Waals surface area contributed by atoms with Gasteiger partial charge >= 0.3 is 0 Å². The minimum absolute atomic E-state index is 0.311. The predicted octanol–water partition coefficient (Wildman–Crippen LogP) is 3.29. The van der Waals surface area contributed by atoms with Gasteiger partial charge in [0.2, 0.25) is 0 Å². The molecule has 0 radical (unpaired) electrons. The summed E-state index contributed by atoms with van der Waals surface area (Å²) in [6.07, 6.45) is 7.88. The molecule has 1 aliphatic rings. The summed E-state index contributed by atoms with van der Waals surface area (Å²) >= 11 is 2.52. The Morgan fingerprint density at radius 2 is 2.17 bits per heavy atom. The lowest BCUT2D eigenvalue weighted by atomic mass is 9.90. The Kier molecular flexibility index (Phi) is 4.30. The fraction of sp³-hybridized carbons (Fsp3) is 1.00. The van der Waals surface area contributed by atoms with Crippen LogP contribution in [0.4, 0.5) is 0 Å². The first-order chi connectivity index (χ1) is 5.66. The Morgan fingerprint density at radius 3 is 2.83 bits per heavy atom. The van der Waals surface area contributed by atoms with Crippen LogP contribution in [0.25, 0.3) is 0 Å². The molecular weight excluding hydrogens is 263 g/mol. The second-order valence-corrected chi connectivity index (χ2v) is 5.76. The number of hydrogen-bond donors (Lipinski definition) is 1. The molecule has 1 saturated carbocycles. The van der Waals surface area contributed by atoms with E-state index in [4.69, 9.17) is 0 Å². The van der Waals surface area contributed by atoms with Gasteiger partial charge in [-0.2, -0.15) is 0 Å². The lowest BCUT2D eigenvalue weighted by molar-refractivity contribution is 0.0159. The van der Waals surface area contributed by atoms with E-state index >= 15 is 0 Å². The summed E-state index contributed by atoms with van der Waals surface area (Å²) < 4.78 is 0.800. The first-order valence-corrected chi connectivity index (χ1v) is 6.27. The number of hydrogen-bond acceptors (Lipinski definition) is 1. The Bertz CT molecular complexity index is 138. The summed E-state index contributed by atoms with van der Waals surface area (Å²) in [4.78, 5) is 0. The van der Waals surface area contributed by atoms with Crippen LogP contribution in [0, 0.1) is 0 Å². The van der Waals surface area contributed by atoms with Crippen molar-refractivity contribution in [2.75, 3.05) is 0 Å². The zero-order valence-corrected chi connectivity index (χ0v) is 10.0. The van der Waals surface area contributed by atoms with Gasteiger partial charge in [-0.25, -0.2) is 0 Å². The highest BCUT2D eigenvalue weighted by Gasteiger charge is 2.28. The normalized spacial score (nSPS) is 37.8. The van der Waals surface area contributed by atoms with E-state index in [1.54, 1.807) is 0 Å². The van der Waals surface area contributed by atoms with E-state index in [9.17, 15) is 5.11 Å². The van der Waals surface area contributed by atoms with Crippen LogP contribution in [0.2, 0.25) is 0 Å². The first kappa shape index (κ1) is 10.8. The van der Waals surface area contributed by atoms with Gasteiger partial charge in [0.05, 0.1) is 5.60 Å². The fourth-order valence-corrected chi connectivity index (χ4v) is 2.81. The summed E-state index contributed by atoms with van der Waals surface area (Å²) in [6, 6.07) is 0. The number of halogens is 1. The zero-order valence-electron chi connectivity index (χ0n) is 7.85. The van der Waals surface area contributed by atoms with Crippen molar-refractivity contribution < 1.29 is 5.11 Å². The molecule has 72 valence electrons. The quantitative estimate of drug-likeness (QED) is 0.468. The molecule has 2 heteroatoms. The monoisotopic (exact) mass is 282 g/mol. The largest absolute Gasteiger partial charge is 0.390 e. The van der Waals surface area contributed by atoms with Gasteiger partial charge in [-0.05, 0) is 38.5 Å². The molecular formula is C10H19IO. The topological polar surface area (TPSA) is 20.2 Å². The number of alkyl halides is 1. The molecule has 1 fully saturated rings. The molecule has 2 unspecified atom stereocenters. The van der Waals surface area contributed by atoms with Gasteiger partial charge < -0.3 is 5.11 Å². The van der Waals surface area contributed by atoms with Crippen molar-refractivity contribution in [1.82, 2.24) is 0 Å². The summed E-state index contributed by atoms with van der Waals surface area (Å²) in [7, 11) is 0. The zero-order chi connectivity index (χ0) is 9.03. The summed E-state index contributed by atoms with van der Waals surface area (Å²) in [5.41, 5.74) is -0.311. The second kappa shape index (κ2) is 4.80. The molecule has 12 heavy (non-hydrogen) atoms. The lowest BCUT2D eigenvalue weighted by Crippen LogP contribution is -2.27. The van der Waals surface area contributed by atoms with Crippen LogP contribution in [-0.4, -0.2) is 14.6 Å². The number of aliphatic hydroxyl groups is 1. The molecule has 0 saturated heterocycles. The van der Waals surface area contributed by atoms with Gasteiger partial charge in [-0.3, -0.25) is 0 Å². The standard InChI is InChI=1S/C10H19IO/c1-2-6-10(12)7-3-4-9(11)5-8-10/h9,12H,2-8H2,1H3. The van der Waals surface area contributed by atoms with Crippen LogP contribution in [-0.2, 0) is 0 Å². The van der Waals surface area contributed by atoms with E-state index < -0.39 is 0 Å². The average Bonchev–Trinajstić information content (AvgIpc) is 2.15. The van der Waals surface area contributed by atoms with Crippen molar-refractivity contribution >= 4 is 22.6 Å². The van der Waals surface area contributed by atoms with Crippen molar-refractivity contribution in [3.8, 4) is 0 Å². The third-order valence-electron chi connectivity index (χ3n) is 2.80. The van der Waals surface area contributed by atoms with Crippen molar-refractivity contribution in [3.63, 3.8) is 0 Å². The van der Waals surface area contributed by atoms with Crippen LogP contribution in [0.3, 0.4) is 0 Å². The molecule has 0 aromatic heterocycles. The fourth-order valence-electron chi connectivity index (χ4n) is 2.06. The van der Waals surface area contributed by atoms with Gasteiger partial charge in [0.15, 0.2) is 0 Å². The smallest absolute Gasteiger partial charge is 0.0648 e. The maximum absolute atomic E-state index is 10.2. The van der Waals surface area contributed by atoms with Gasteiger partial charge in [0, 0.05) is 3.92 Å². The average molecular weight is 282 g/mol. The van der Waals surface area contributed by atoms with E-state index in [1.165, 1.54) is 19.3 Å². The van der Waals surface area contributed by atoms with E-state index in [1.807, 2.05) is 0 Å². The first-order valence-electron chi connectivity index (χ1n) is 5.03. The molecule has 0 amide bonds. The van der Waals surface area contributed by atoms with Gasteiger partial charge in [0.1, 0.15) is 0 Å². The highest BCUT2D eigenvalue weighted by molar-refractivity contribution is 14.1. The minimum Gasteiger partial charge on any atom is -0.390 e. The number of rotatable bonds is 2. The maximum atomic E-state index is 10.2. The van der Waals surface area contributed by atoms with Gasteiger partial charge in [-0.1, -0.05) is 35.9 Å². The van der Waals surface area contributed by atoms with Crippen LogP contribution in [0.1, 0.15) is 51.9 Å². The molecule has 1 N–H and O–H groups in total. The summed E-state index contributed by atoms with van der Waals surface area (Å²) in [5.74, 6) is 0. The molecule has 1 aliphatic carbocycles. The highest BCUT2D eigenvalue weighted by atomic mass is 127. The Hall–Kier alpha value is 0.690. The molecule has 1 rings (SSSR count). The Morgan fingerprint density at radius 1 is 1.42 bits per heavy atom. The molecule has 0 bridgehead atoms. The summed E-state index contributed by atoms with van der Waals surface area (Å²) in [6.45, 7) is 2.16. The minimum atomic E-state index is -0.311. The predicted molar refractivity (Wildman–Crippen MR) is 60.8 cm³/mol. The van der Waals surface area contributed by atoms with Crippen molar-refractivity contribution in [1.29, 1.82) is 0 Å². The van der Waals surface area contributed by atoms with Crippen molar-refractivity contribution in [2.24, 2.45) is 0 Å². The lowest BCUT2D eigenvalue weighted by Gasteiger charge is -2.25. The Labute approximate surface area is 89.1 Å². The molecule has 0 heterocycles. The summed E-state index contributed by atoms with van der Waals surface area (Å²) in [5, 5.41) is 10.2. The van der Waals surface area contributed by atoms with Crippen LogP contribution >= 0.6 is 22.6 Å². The SMILES string of the molecule is CCCC1(O)CCCC(I)CC1. The van der Waals surface area contributed by atoms with Crippen molar-refractivity contribution in [2.45, 2.75) is 61.4 Å².